The van der Waals surface area contributed by atoms with Crippen LogP contribution >= 0.6 is 0 Å². The Morgan fingerprint density at radius 3 is 0.702 bits per heavy atom. The first-order chi connectivity index (χ1) is 25.4. The summed E-state index contributed by atoms with van der Waals surface area (Å²) in [5.41, 5.74) is 17.6. The summed E-state index contributed by atoms with van der Waals surface area (Å²) in [6.45, 7) is 39.5. The summed E-state index contributed by atoms with van der Waals surface area (Å²) in [6, 6.07) is 40.3. The monoisotopic (exact) mass is 745 g/mol. The number of rotatable bonds is 8. The van der Waals surface area contributed by atoms with Crippen molar-refractivity contribution in [2.24, 2.45) is 0 Å². The zero-order valence-corrected chi connectivity index (χ0v) is 39.5. The topological polar surface area (TPSA) is 0 Å². The first kappa shape index (κ1) is 48.4. The molecule has 0 radical (unpaired) electrons. The van der Waals surface area contributed by atoms with Crippen molar-refractivity contribution in [2.45, 2.75) is 151 Å². The van der Waals surface area contributed by atoms with Crippen molar-refractivity contribution in [3.63, 3.8) is 0 Å². The Hall–Kier alpha value is -2.97. The molecule has 0 spiro atoms. The van der Waals surface area contributed by atoms with Crippen LogP contribution in [-0.4, -0.2) is 0 Å². The summed E-state index contributed by atoms with van der Waals surface area (Å²) in [7, 11) is 0. The molecule has 0 fully saturated rings. The molecule has 0 aliphatic rings. The van der Waals surface area contributed by atoms with E-state index in [4.69, 9.17) is 0 Å². The average molecular weight is 745 g/mol. The van der Waals surface area contributed by atoms with Gasteiger partial charge in [-0.3, -0.25) is 0 Å². The van der Waals surface area contributed by atoms with Crippen molar-refractivity contribution < 1.29 is 37.7 Å². The third kappa shape index (κ3) is 10.8. The summed E-state index contributed by atoms with van der Waals surface area (Å²) >= 11 is 0. The fourth-order valence-corrected chi connectivity index (χ4v) is 7.90. The average Bonchev–Trinajstić information content (AvgIpc) is 3.09. The fraction of sp³-hybridized carbons (Fsp3) is 0.418. The van der Waals surface area contributed by atoms with Gasteiger partial charge in [-0.2, -0.15) is 0 Å². The van der Waals surface area contributed by atoms with E-state index in [1.807, 2.05) is 0 Å². The molecule has 5 rings (SSSR count). The maximum absolute atomic E-state index is 2.56. The Morgan fingerprint density at radius 1 is 0.351 bits per heavy atom. The van der Waals surface area contributed by atoms with E-state index < -0.39 is 0 Å². The van der Waals surface area contributed by atoms with E-state index in [0.717, 1.165) is 0 Å². The van der Waals surface area contributed by atoms with Crippen LogP contribution in [0.25, 0.3) is 0 Å². The van der Waals surface area contributed by atoms with E-state index >= 15 is 0 Å². The van der Waals surface area contributed by atoms with Crippen molar-refractivity contribution in [3.05, 3.63) is 187 Å². The van der Waals surface area contributed by atoms with E-state index in [0.29, 0.717) is 11.8 Å². The van der Waals surface area contributed by atoms with Gasteiger partial charge >= 0.3 is 37.7 Å². The predicted octanol–water partition coefficient (Wildman–Crippen LogP) is 9.48. The summed E-state index contributed by atoms with van der Waals surface area (Å²) in [5, 5.41) is 0. The van der Waals surface area contributed by atoms with Crippen LogP contribution in [0.1, 0.15) is 195 Å². The van der Waals surface area contributed by atoms with E-state index in [9.17, 15) is 0 Å². The molecule has 0 atom stereocenters. The van der Waals surface area contributed by atoms with E-state index in [1.165, 1.54) is 84.2 Å². The summed E-state index contributed by atoms with van der Waals surface area (Å²) in [4.78, 5) is 0. The maximum atomic E-state index is 2.56. The molecule has 0 nitrogen and oxygen atoms in total. The van der Waals surface area contributed by atoms with Crippen LogP contribution < -0.4 is 37.7 Å². The second kappa shape index (κ2) is 18.1. The molecule has 0 saturated heterocycles. The molecule has 57 heavy (non-hydrogen) atoms. The smallest absolute Gasteiger partial charge is 0.102 e. The molecule has 0 unspecified atom stereocenters. The van der Waals surface area contributed by atoms with Gasteiger partial charge in [-0.1, -0.05) is 299 Å². The molecule has 292 valence electrons. The van der Waals surface area contributed by atoms with Gasteiger partial charge in [-0.25, -0.2) is 0 Å². The second-order valence-corrected chi connectivity index (χ2v) is 20.8. The van der Waals surface area contributed by atoms with Crippen LogP contribution in [0.2, 0.25) is 0 Å². The zero-order valence-electron chi connectivity index (χ0n) is 39.5. The second-order valence-electron chi connectivity index (χ2n) is 20.8. The summed E-state index contributed by atoms with van der Waals surface area (Å²) < 4.78 is 0. The molecule has 0 heterocycles. The number of hydrogen-bond acceptors (Lipinski definition) is 0. The number of benzene rings is 5. The maximum Gasteiger partial charge on any atom is 1.00 e. The zero-order chi connectivity index (χ0) is 40.8. The van der Waals surface area contributed by atoms with Gasteiger partial charge in [0.2, 0.25) is 0 Å². The van der Waals surface area contributed by atoms with E-state index in [2.05, 4.69) is 221 Å². The standard InChI is InChI=1S/C55H70.2Li/c1-35(2)46-34-47(36(3)4)49(51(40-22-30-44(31-23-40)54(12,13)14)41-24-32-45(33-25-41)55(15,16)17)37(5)48(46)50(38-18-26-42(27-19-38)52(6,7)8)39-20-28-43(29-21-39)53(9,10)11;;/h18-36H,1-17H3;;/q-2;2*+1. The largest absolute Gasteiger partial charge is 1.00 e. The van der Waals surface area contributed by atoms with Crippen LogP contribution in [0.15, 0.2) is 103 Å². The van der Waals surface area contributed by atoms with Crippen LogP contribution in [0, 0.1) is 18.8 Å². The minimum absolute atomic E-state index is 0. The minimum atomic E-state index is 0. The van der Waals surface area contributed by atoms with Gasteiger partial charge in [0.05, 0.1) is 0 Å². The molecule has 2 heteroatoms. The van der Waals surface area contributed by atoms with Crippen molar-refractivity contribution in [2.75, 3.05) is 0 Å². The molecule has 0 N–H and O–H groups in total. The molecule has 0 aromatic heterocycles. The fourth-order valence-electron chi connectivity index (χ4n) is 7.90. The van der Waals surface area contributed by atoms with Crippen LogP contribution in [0.5, 0.6) is 0 Å². The Balaban J connectivity index is 0.00000435. The minimum Gasteiger partial charge on any atom is -0.102 e. The molecular weight excluding hydrogens is 674 g/mol. The molecule has 0 aliphatic carbocycles. The van der Waals surface area contributed by atoms with Crippen molar-refractivity contribution >= 4 is 0 Å². The molecule has 0 saturated carbocycles. The molecular formula is C55H70Li2. The predicted molar refractivity (Wildman–Crippen MR) is 241 cm³/mol. The molecule has 0 bridgehead atoms. The Kier molecular flexibility index (Phi) is 15.4. The van der Waals surface area contributed by atoms with E-state index in [1.54, 1.807) is 0 Å². The van der Waals surface area contributed by atoms with Gasteiger partial charge < -0.3 is 0 Å². The van der Waals surface area contributed by atoms with Gasteiger partial charge in [0.15, 0.2) is 0 Å². The Morgan fingerprint density at radius 2 is 0.544 bits per heavy atom. The van der Waals surface area contributed by atoms with Crippen molar-refractivity contribution in [3.8, 4) is 0 Å². The van der Waals surface area contributed by atoms with E-state index in [-0.39, 0.29) is 59.4 Å². The normalized spacial score (nSPS) is 12.3. The SMILES string of the molecule is Cc1c([C-](c2ccc(C(C)(C)C)cc2)c2ccc(C(C)(C)C)cc2)c(C(C)C)cc(C(C)C)c1[C-](c1ccc(C(C)(C)C)cc1)c1ccc(C(C)(C)C)cc1.[Li+].[Li+]. The number of hydrogen-bond donors (Lipinski definition) is 0. The van der Waals surface area contributed by atoms with Crippen LogP contribution in [0.3, 0.4) is 0 Å². The summed E-state index contributed by atoms with van der Waals surface area (Å²) in [5.74, 6) is 3.28. The third-order valence-corrected chi connectivity index (χ3v) is 11.5. The quantitative estimate of drug-likeness (QED) is 0.0844. The summed E-state index contributed by atoms with van der Waals surface area (Å²) in [6.07, 6.45) is 0. The van der Waals surface area contributed by atoms with Crippen LogP contribution in [-0.2, 0) is 21.7 Å². The third-order valence-electron chi connectivity index (χ3n) is 11.5. The molecule has 5 aromatic carbocycles. The first-order valence-corrected chi connectivity index (χ1v) is 20.7. The molecule has 5 aromatic rings. The van der Waals surface area contributed by atoms with Crippen molar-refractivity contribution in [1.82, 2.24) is 0 Å². The van der Waals surface area contributed by atoms with Gasteiger partial charge in [0.25, 0.3) is 0 Å². The Labute approximate surface area is 373 Å². The Bertz CT molecular complexity index is 1790. The molecule has 0 amide bonds. The van der Waals surface area contributed by atoms with Gasteiger partial charge in [0.1, 0.15) is 0 Å². The van der Waals surface area contributed by atoms with Gasteiger partial charge in [0, 0.05) is 0 Å². The van der Waals surface area contributed by atoms with Gasteiger partial charge in [-0.15, -0.1) is 6.07 Å². The van der Waals surface area contributed by atoms with Gasteiger partial charge in [-0.05, 0) is 33.5 Å². The van der Waals surface area contributed by atoms with Crippen molar-refractivity contribution in [1.29, 1.82) is 0 Å². The first-order valence-electron chi connectivity index (χ1n) is 20.7. The van der Waals surface area contributed by atoms with Crippen LogP contribution in [0.4, 0.5) is 0 Å². The molecule has 0 aliphatic heterocycles.